The Labute approximate surface area is 190 Å². The second-order valence-electron chi connectivity index (χ2n) is 7.20. The van der Waals surface area contributed by atoms with Gasteiger partial charge in [0, 0.05) is 22.6 Å². The van der Waals surface area contributed by atoms with Gasteiger partial charge in [0.25, 0.3) is 0 Å². The fourth-order valence-corrected chi connectivity index (χ4v) is 4.35. The van der Waals surface area contributed by atoms with E-state index in [1.165, 1.54) is 11.8 Å². The van der Waals surface area contributed by atoms with Crippen molar-refractivity contribution in [3.8, 4) is 11.4 Å². The Morgan fingerprint density at radius 1 is 1.03 bits per heavy atom. The molecule has 1 aromatic heterocycles. The monoisotopic (exact) mass is 445 g/mol. The van der Waals surface area contributed by atoms with Gasteiger partial charge in [-0.3, -0.25) is 9.36 Å². The first-order valence-electron chi connectivity index (χ1n) is 10.1. The van der Waals surface area contributed by atoms with E-state index >= 15 is 0 Å². The summed E-state index contributed by atoms with van der Waals surface area (Å²) in [6.45, 7) is 1.54. The number of Topliss-reactive ketones (excluding diaryl/α,β-unsaturated/α-hetero) is 1. The van der Waals surface area contributed by atoms with Gasteiger partial charge in [-0.15, -0.1) is 10.2 Å². The number of aromatic nitrogens is 3. The summed E-state index contributed by atoms with van der Waals surface area (Å²) in [4.78, 5) is 11.8. The largest absolute Gasteiger partial charge is 0.496 e. The van der Waals surface area contributed by atoms with E-state index in [-0.39, 0.29) is 5.78 Å². The van der Waals surface area contributed by atoms with Crippen LogP contribution in [0.15, 0.2) is 84.0 Å². The van der Waals surface area contributed by atoms with E-state index in [4.69, 9.17) is 4.74 Å². The molecular weight excluding hydrogens is 422 g/mol. The molecule has 0 aliphatic rings. The van der Waals surface area contributed by atoms with Crippen LogP contribution in [0.4, 0.5) is 0 Å². The van der Waals surface area contributed by atoms with Crippen LogP contribution in [-0.4, -0.2) is 32.8 Å². The predicted molar refractivity (Wildman–Crippen MR) is 124 cm³/mol. The number of ketones is 1. The molecule has 0 bridgehead atoms. The summed E-state index contributed by atoms with van der Waals surface area (Å²) in [6.07, 6.45) is -0.922. The van der Waals surface area contributed by atoms with Crippen molar-refractivity contribution in [3.05, 3.63) is 101 Å². The van der Waals surface area contributed by atoms with Crippen molar-refractivity contribution in [2.24, 2.45) is 0 Å². The Morgan fingerprint density at radius 2 is 1.72 bits per heavy atom. The molecule has 0 aliphatic carbocycles. The fourth-order valence-electron chi connectivity index (χ4n) is 3.41. The van der Waals surface area contributed by atoms with Gasteiger partial charge in [-0.25, -0.2) is 0 Å². The van der Waals surface area contributed by atoms with Crippen molar-refractivity contribution < 1.29 is 14.6 Å². The summed E-state index contributed by atoms with van der Waals surface area (Å²) in [6, 6.07) is 24.5. The molecule has 4 aromatic rings. The molecule has 162 valence electrons. The third-order valence-electron chi connectivity index (χ3n) is 5.08. The Morgan fingerprint density at radius 3 is 2.38 bits per heavy atom. The second-order valence-corrected chi connectivity index (χ2v) is 8.14. The molecule has 1 atom stereocenters. The Hall–Kier alpha value is -3.42. The van der Waals surface area contributed by atoms with E-state index in [0.29, 0.717) is 28.0 Å². The van der Waals surface area contributed by atoms with Crippen LogP contribution in [0.2, 0.25) is 0 Å². The third kappa shape index (κ3) is 4.59. The van der Waals surface area contributed by atoms with Crippen molar-refractivity contribution in [2.75, 3.05) is 7.11 Å². The highest BCUT2D eigenvalue weighted by molar-refractivity contribution is 7.98. The van der Waals surface area contributed by atoms with Crippen molar-refractivity contribution in [3.63, 3.8) is 0 Å². The van der Waals surface area contributed by atoms with Gasteiger partial charge in [-0.2, -0.15) is 0 Å². The summed E-state index contributed by atoms with van der Waals surface area (Å²) in [5, 5.41) is 20.4. The number of hydrogen-bond donors (Lipinski definition) is 1. The van der Waals surface area contributed by atoms with Crippen LogP contribution in [0.25, 0.3) is 5.69 Å². The molecule has 1 heterocycles. The van der Waals surface area contributed by atoms with Crippen molar-refractivity contribution in [2.45, 2.75) is 23.9 Å². The quantitative estimate of drug-likeness (QED) is 0.309. The first kappa shape index (κ1) is 21.8. The lowest BCUT2D eigenvalue weighted by atomic mass is 10.1. The van der Waals surface area contributed by atoms with Crippen LogP contribution in [0, 0.1) is 0 Å². The highest BCUT2D eigenvalue weighted by Crippen LogP contribution is 2.32. The Bertz CT molecular complexity index is 1210. The summed E-state index contributed by atoms with van der Waals surface area (Å²) in [5.74, 6) is 1.67. The van der Waals surface area contributed by atoms with Gasteiger partial charge in [-0.05, 0) is 42.8 Å². The number of methoxy groups -OCH3 is 1. The zero-order chi connectivity index (χ0) is 22.5. The molecule has 3 aromatic carbocycles. The molecule has 0 amide bonds. The van der Waals surface area contributed by atoms with Gasteiger partial charge in [-0.1, -0.05) is 60.3 Å². The predicted octanol–water partition coefficient (Wildman–Crippen LogP) is 4.85. The number of benzene rings is 3. The minimum absolute atomic E-state index is 0.000347. The molecule has 0 saturated carbocycles. The van der Waals surface area contributed by atoms with E-state index in [1.807, 2.05) is 71.3 Å². The first-order valence-corrected chi connectivity index (χ1v) is 11.1. The zero-order valence-corrected chi connectivity index (χ0v) is 18.6. The van der Waals surface area contributed by atoms with E-state index in [0.717, 1.165) is 16.8 Å². The third-order valence-corrected chi connectivity index (χ3v) is 6.05. The van der Waals surface area contributed by atoms with Crippen LogP contribution in [0.3, 0.4) is 0 Å². The lowest BCUT2D eigenvalue weighted by Gasteiger charge is -2.15. The maximum atomic E-state index is 11.8. The number of para-hydroxylation sites is 1. The highest BCUT2D eigenvalue weighted by atomic mass is 32.2. The molecule has 6 nitrogen and oxygen atoms in total. The van der Waals surface area contributed by atoms with Gasteiger partial charge in [0.1, 0.15) is 11.9 Å². The number of carbonyl (C=O) groups is 1. The molecular formula is C25H23N3O3S. The number of carbonyl (C=O) groups excluding carboxylic acids is 1. The maximum Gasteiger partial charge on any atom is 0.196 e. The molecule has 0 aliphatic heterocycles. The smallest absolute Gasteiger partial charge is 0.196 e. The molecule has 4 rings (SSSR count). The van der Waals surface area contributed by atoms with Gasteiger partial charge in [0.05, 0.1) is 7.11 Å². The molecule has 32 heavy (non-hydrogen) atoms. The van der Waals surface area contributed by atoms with Crippen LogP contribution >= 0.6 is 11.8 Å². The Kier molecular flexibility index (Phi) is 6.68. The molecule has 0 saturated heterocycles. The summed E-state index contributed by atoms with van der Waals surface area (Å²) >= 11 is 1.47. The lowest BCUT2D eigenvalue weighted by Crippen LogP contribution is -2.09. The Balaban J connectivity index is 1.70. The van der Waals surface area contributed by atoms with Crippen LogP contribution in [0.1, 0.15) is 40.3 Å². The topological polar surface area (TPSA) is 77.2 Å². The van der Waals surface area contributed by atoms with Crippen LogP contribution in [0.5, 0.6) is 5.75 Å². The number of thioether (sulfide) groups is 1. The number of nitrogens with zero attached hydrogens (tertiary/aromatic N) is 3. The molecule has 0 fully saturated rings. The van der Waals surface area contributed by atoms with Crippen LogP contribution < -0.4 is 4.74 Å². The zero-order valence-electron chi connectivity index (χ0n) is 17.8. The van der Waals surface area contributed by atoms with Gasteiger partial charge >= 0.3 is 0 Å². The molecule has 0 unspecified atom stereocenters. The second kappa shape index (κ2) is 9.80. The van der Waals surface area contributed by atoms with Gasteiger partial charge < -0.3 is 9.84 Å². The van der Waals surface area contributed by atoms with Crippen LogP contribution in [-0.2, 0) is 5.75 Å². The van der Waals surface area contributed by atoms with E-state index in [1.54, 1.807) is 26.2 Å². The normalized spacial score (nSPS) is 11.8. The number of aliphatic hydroxyl groups is 1. The van der Waals surface area contributed by atoms with E-state index < -0.39 is 6.10 Å². The summed E-state index contributed by atoms with van der Waals surface area (Å²) < 4.78 is 7.34. The average Bonchev–Trinajstić information content (AvgIpc) is 3.27. The van der Waals surface area contributed by atoms with Crippen molar-refractivity contribution in [1.29, 1.82) is 0 Å². The number of hydrogen-bond acceptors (Lipinski definition) is 6. The van der Waals surface area contributed by atoms with Gasteiger partial charge in [0.2, 0.25) is 0 Å². The molecule has 0 spiro atoms. The van der Waals surface area contributed by atoms with Gasteiger partial charge in [0.15, 0.2) is 16.8 Å². The number of ether oxygens (including phenoxy) is 1. The fraction of sp³-hybridized carbons (Fsp3) is 0.160. The minimum atomic E-state index is -0.922. The highest BCUT2D eigenvalue weighted by Gasteiger charge is 2.22. The molecule has 7 heteroatoms. The minimum Gasteiger partial charge on any atom is -0.496 e. The molecule has 1 N–H and O–H groups in total. The summed E-state index contributed by atoms with van der Waals surface area (Å²) in [5.41, 5.74) is 3.11. The first-order chi connectivity index (χ1) is 15.6. The van der Waals surface area contributed by atoms with Crippen molar-refractivity contribution in [1.82, 2.24) is 14.8 Å². The van der Waals surface area contributed by atoms with E-state index in [9.17, 15) is 9.90 Å². The average molecular weight is 446 g/mol. The maximum absolute atomic E-state index is 11.8. The SMILES string of the molecule is COc1ccc(C(C)=O)cc1CSc1nnc([C@H](O)c2ccccc2)n1-c1ccccc1. The van der Waals surface area contributed by atoms with E-state index in [2.05, 4.69) is 10.2 Å². The lowest BCUT2D eigenvalue weighted by molar-refractivity contribution is 0.101. The molecule has 0 radical (unpaired) electrons. The number of aliphatic hydroxyl groups excluding tert-OH is 1. The standard InChI is InChI=1S/C25H23N3O3S/c1-17(29)19-13-14-22(31-2)20(15-19)16-32-25-27-26-24(23(30)18-9-5-3-6-10-18)28(25)21-11-7-4-8-12-21/h3-15,23,30H,16H2,1-2H3/t23-/m1/s1. The number of rotatable bonds is 8. The van der Waals surface area contributed by atoms with Crippen molar-refractivity contribution >= 4 is 17.5 Å². The summed E-state index contributed by atoms with van der Waals surface area (Å²) in [7, 11) is 1.61.